The van der Waals surface area contributed by atoms with Crippen LogP contribution >= 0.6 is 11.3 Å². The maximum Gasteiger partial charge on any atom is 0.291 e. The molecule has 0 radical (unpaired) electrons. The number of fused-ring (bicyclic) bond motifs is 1. The zero-order chi connectivity index (χ0) is 18.6. The van der Waals surface area contributed by atoms with Crippen LogP contribution in [0.1, 0.15) is 49.1 Å². The third kappa shape index (κ3) is 4.11. The first-order valence-electron chi connectivity index (χ1n) is 9.02. The molecule has 1 aliphatic carbocycles. The van der Waals surface area contributed by atoms with E-state index in [1.807, 2.05) is 30.3 Å². The van der Waals surface area contributed by atoms with Crippen molar-refractivity contribution in [3.8, 4) is 0 Å². The second-order valence-corrected chi connectivity index (χ2v) is 7.71. The Kier molecular flexibility index (Phi) is 5.07. The van der Waals surface area contributed by atoms with Gasteiger partial charge in [0.15, 0.2) is 5.76 Å². The Morgan fingerprint density at radius 2 is 1.85 bits per heavy atom. The highest BCUT2D eigenvalue weighted by atomic mass is 32.1. The SMILES string of the molecule is O=C(Nc1ccc(CNC(=O)c2cc3c(s2)CCCC3)cc1)c1ccco1. The van der Waals surface area contributed by atoms with Crippen LogP contribution in [-0.2, 0) is 19.4 Å². The lowest BCUT2D eigenvalue weighted by Crippen LogP contribution is -2.21. The van der Waals surface area contributed by atoms with E-state index in [4.69, 9.17) is 4.42 Å². The second-order valence-electron chi connectivity index (χ2n) is 6.58. The minimum absolute atomic E-state index is 0.0235. The molecule has 1 aromatic carbocycles. The summed E-state index contributed by atoms with van der Waals surface area (Å²) in [5.74, 6) is -0.0442. The van der Waals surface area contributed by atoms with Gasteiger partial charge in [-0.05, 0) is 67.1 Å². The van der Waals surface area contributed by atoms with Crippen molar-refractivity contribution >= 4 is 28.8 Å². The Balaban J connectivity index is 1.32. The summed E-state index contributed by atoms with van der Waals surface area (Å²) in [6, 6.07) is 12.7. The summed E-state index contributed by atoms with van der Waals surface area (Å²) in [5.41, 5.74) is 2.99. The zero-order valence-electron chi connectivity index (χ0n) is 14.8. The molecule has 0 saturated heterocycles. The molecule has 0 aliphatic heterocycles. The van der Waals surface area contributed by atoms with Crippen LogP contribution in [0.15, 0.2) is 53.1 Å². The average Bonchev–Trinajstić information content (AvgIpc) is 3.37. The lowest BCUT2D eigenvalue weighted by molar-refractivity contribution is 0.0953. The molecule has 1 aliphatic rings. The normalized spacial score (nSPS) is 13.0. The van der Waals surface area contributed by atoms with Crippen LogP contribution in [0, 0.1) is 0 Å². The van der Waals surface area contributed by atoms with Gasteiger partial charge in [-0.3, -0.25) is 9.59 Å². The average molecular weight is 380 g/mol. The van der Waals surface area contributed by atoms with Gasteiger partial charge in [0.25, 0.3) is 11.8 Å². The highest BCUT2D eigenvalue weighted by Gasteiger charge is 2.17. The number of thiophene rings is 1. The largest absolute Gasteiger partial charge is 0.459 e. The highest BCUT2D eigenvalue weighted by Crippen LogP contribution is 2.29. The van der Waals surface area contributed by atoms with E-state index in [1.165, 1.54) is 29.5 Å². The van der Waals surface area contributed by atoms with Crippen LogP contribution in [0.25, 0.3) is 0 Å². The molecule has 3 aromatic rings. The number of carbonyl (C=O) groups excluding carboxylic acids is 2. The zero-order valence-corrected chi connectivity index (χ0v) is 15.6. The number of furan rings is 1. The number of aryl methyl sites for hydroxylation is 2. The Morgan fingerprint density at radius 1 is 1.04 bits per heavy atom. The number of benzene rings is 1. The molecule has 27 heavy (non-hydrogen) atoms. The molecule has 6 heteroatoms. The minimum Gasteiger partial charge on any atom is -0.459 e. The summed E-state index contributed by atoms with van der Waals surface area (Å²) in [6.45, 7) is 0.452. The predicted octanol–water partition coefficient (Wildman–Crippen LogP) is 4.40. The van der Waals surface area contributed by atoms with Crippen molar-refractivity contribution < 1.29 is 14.0 Å². The van der Waals surface area contributed by atoms with Gasteiger partial charge >= 0.3 is 0 Å². The number of rotatable bonds is 5. The minimum atomic E-state index is -0.289. The Labute approximate surface area is 161 Å². The molecule has 0 spiro atoms. The molecule has 0 fully saturated rings. The summed E-state index contributed by atoms with van der Waals surface area (Å²) in [4.78, 5) is 26.5. The Bertz CT molecular complexity index is 919. The monoisotopic (exact) mass is 380 g/mol. The Morgan fingerprint density at radius 3 is 2.59 bits per heavy atom. The lowest BCUT2D eigenvalue weighted by atomic mass is 9.99. The maximum absolute atomic E-state index is 12.4. The molecule has 5 nitrogen and oxygen atoms in total. The number of anilines is 1. The number of hydrogen-bond acceptors (Lipinski definition) is 4. The third-order valence-electron chi connectivity index (χ3n) is 4.63. The number of carbonyl (C=O) groups is 2. The summed E-state index contributed by atoms with van der Waals surface area (Å²) in [6.07, 6.45) is 6.08. The fourth-order valence-electron chi connectivity index (χ4n) is 3.18. The van der Waals surface area contributed by atoms with Crippen molar-refractivity contribution in [2.75, 3.05) is 5.32 Å². The van der Waals surface area contributed by atoms with Crippen LogP contribution in [0.5, 0.6) is 0 Å². The first-order chi connectivity index (χ1) is 13.2. The molecule has 2 amide bonds. The molecule has 2 aromatic heterocycles. The van der Waals surface area contributed by atoms with Gasteiger partial charge in [-0.1, -0.05) is 12.1 Å². The van der Waals surface area contributed by atoms with E-state index in [9.17, 15) is 9.59 Å². The van der Waals surface area contributed by atoms with E-state index in [1.54, 1.807) is 23.5 Å². The molecule has 0 atom stereocenters. The van der Waals surface area contributed by atoms with Crippen molar-refractivity contribution in [3.63, 3.8) is 0 Å². The van der Waals surface area contributed by atoms with E-state index in [2.05, 4.69) is 10.6 Å². The van der Waals surface area contributed by atoms with Crippen molar-refractivity contribution in [1.82, 2.24) is 5.32 Å². The molecule has 2 N–H and O–H groups in total. The molecular weight excluding hydrogens is 360 g/mol. The van der Waals surface area contributed by atoms with Crippen LogP contribution in [0.3, 0.4) is 0 Å². The van der Waals surface area contributed by atoms with E-state index in [0.29, 0.717) is 12.2 Å². The molecule has 4 rings (SSSR count). The lowest BCUT2D eigenvalue weighted by Gasteiger charge is -2.08. The summed E-state index contributed by atoms with van der Waals surface area (Å²) in [5, 5.41) is 5.75. The molecule has 0 unspecified atom stereocenters. The topological polar surface area (TPSA) is 71.3 Å². The molecule has 0 saturated carbocycles. The first kappa shape index (κ1) is 17.5. The fourth-order valence-corrected chi connectivity index (χ4v) is 4.35. The maximum atomic E-state index is 12.4. The number of hydrogen-bond donors (Lipinski definition) is 2. The Hall–Kier alpha value is -2.86. The third-order valence-corrected chi connectivity index (χ3v) is 5.87. The van der Waals surface area contributed by atoms with Crippen LogP contribution in [-0.4, -0.2) is 11.8 Å². The molecule has 138 valence electrons. The van der Waals surface area contributed by atoms with Gasteiger partial charge in [0.1, 0.15) is 0 Å². The highest BCUT2D eigenvalue weighted by molar-refractivity contribution is 7.14. The quantitative estimate of drug-likeness (QED) is 0.689. The molecule has 0 bridgehead atoms. The van der Waals surface area contributed by atoms with Crippen molar-refractivity contribution in [2.24, 2.45) is 0 Å². The molecule has 2 heterocycles. The number of amides is 2. The summed E-state index contributed by atoms with van der Waals surface area (Å²) < 4.78 is 5.07. The van der Waals surface area contributed by atoms with Crippen LogP contribution < -0.4 is 10.6 Å². The van der Waals surface area contributed by atoms with Gasteiger partial charge in [0.05, 0.1) is 11.1 Å². The van der Waals surface area contributed by atoms with Crippen LogP contribution in [0.2, 0.25) is 0 Å². The van der Waals surface area contributed by atoms with E-state index in [0.717, 1.165) is 23.3 Å². The van der Waals surface area contributed by atoms with Crippen LogP contribution in [0.4, 0.5) is 5.69 Å². The van der Waals surface area contributed by atoms with E-state index in [-0.39, 0.29) is 17.6 Å². The predicted molar refractivity (Wildman–Crippen MR) is 105 cm³/mol. The standard InChI is InChI=1S/C21H20N2O3S/c24-20(17-5-3-11-26-17)23-16-9-7-14(8-10-16)13-22-21(25)19-12-15-4-1-2-6-18(15)27-19/h3,5,7-12H,1-2,4,6,13H2,(H,22,25)(H,23,24). The number of nitrogens with one attached hydrogen (secondary N) is 2. The van der Waals surface area contributed by atoms with E-state index >= 15 is 0 Å². The summed E-state index contributed by atoms with van der Waals surface area (Å²) >= 11 is 1.62. The van der Waals surface area contributed by atoms with E-state index < -0.39 is 0 Å². The van der Waals surface area contributed by atoms with Gasteiger partial charge in [0.2, 0.25) is 0 Å². The summed E-state index contributed by atoms with van der Waals surface area (Å²) in [7, 11) is 0. The van der Waals surface area contributed by atoms with Crippen molar-refractivity contribution in [1.29, 1.82) is 0 Å². The smallest absolute Gasteiger partial charge is 0.291 e. The van der Waals surface area contributed by atoms with Gasteiger partial charge in [0, 0.05) is 17.1 Å². The fraction of sp³-hybridized carbons (Fsp3) is 0.238. The van der Waals surface area contributed by atoms with Gasteiger partial charge in [-0.15, -0.1) is 11.3 Å². The molecular formula is C21H20N2O3S. The van der Waals surface area contributed by atoms with Crippen molar-refractivity contribution in [3.05, 3.63) is 75.4 Å². The second kappa shape index (κ2) is 7.80. The first-order valence-corrected chi connectivity index (χ1v) is 9.84. The van der Waals surface area contributed by atoms with Gasteiger partial charge in [-0.25, -0.2) is 0 Å². The van der Waals surface area contributed by atoms with Gasteiger partial charge in [-0.2, -0.15) is 0 Å². The van der Waals surface area contributed by atoms with Crippen molar-refractivity contribution in [2.45, 2.75) is 32.2 Å². The van der Waals surface area contributed by atoms with Gasteiger partial charge < -0.3 is 15.1 Å².